The van der Waals surface area contributed by atoms with E-state index in [9.17, 15) is 9.50 Å². The molecule has 0 saturated carbocycles. The third-order valence-electron chi connectivity index (χ3n) is 2.42. The summed E-state index contributed by atoms with van der Waals surface area (Å²) in [6.07, 6.45) is -0.499. The minimum Gasteiger partial charge on any atom is -0.389 e. The Hall–Kier alpha value is -1.13. The normalized spacial score (nSPS) is 12.8. The molecule has 0 saturated heterocycles. The molecule has 1 aromatic carbocycles. The second-order valence-electron chi connectivity index (χ2n) is 4.33. The highest BCUT2D eigenvalue weighted by atomic mass is 19.1. The van der Waals surface area contributed by atoms with Crippen molar-refractivity contribution in [3.8, 4) is 0 Å². The maximum absolute atomic E-state index is 13.2. The lowest BCUT2D eigenvalue weighted by Crippen LogP contribution is -2.26. The van der Waals surface area contributed by atoms with Crippen LogP contribution in [0, 0.1) is 12.7 Å². The van der Waals surface area contributed by atoms with Crippen molar-refractivity contribution >= 4 is 5.69 Å². The molecule has 1 unspecified atom stereocenters. The fourth-order valence-corrected chi connectivity index (χ4v) is 1.39. The molecular formula is C13H20FNO2. The molecule has 0 amide bonds. The van der Waals surface area contributed by atoms with Crippen LogP contribution < -0.4 is 5.32 Å². The number of benzene rings is 1. The molecule has 1 rings (SSSR count). The Labute approximate surface area is 102 Å². The van der Waals surface area contributed by atoms with Crippen LogP contribution in [0.1, 0.15) is 19.4 Å². The van der Waals surface area contributed by atoms with Crippen molar-refractivity contribution in [3.63, 3.8) is 0 Å². The summed E-state index contributed by atoms with van der Waals surface area (Å²) in [6, 6.07) is 4.84. The minimum absolute atomic E-state index is 0.0977. The molecule has 0 aromatic heterocycles. The van der Waals surface area contributed by atoms with Gasteiger partial charge in [0.15, 0.2) is 0 Å². The van der Waals surface area contributed by atoms with Crippen LogP contribution in [-0.4, -0.2) is 30.5 Å². The van der Waals surface area contributed by atoms with Crippen molar-refractivity contribution in [1.29, 1.82) is 0 Å². The van der Waals surface area contributed by atoms with E-state index in [1.165, 1.54) is 6.07 Å². The summed E-state index contributed by atoms with van der Waals surface area (Å²) in [5.41, 5.74) is 1.26. The molecule has 0 heterocycles. The Morgan fingerprint density at radius 3 is 2.76 bits per heavy atom. The number of rotatable bonds is 6. The SMILES string of the molecule is Cc1c(F)cccc1NCC(O)COC(C)C. The lowest BCUT2D eigenvalue weighted by atomic mass is 10.2. The highest BCUT2D eigenvalue weighted by Crippen LogP contribution is 2.17. The Morgan fingerprint density at radius 2 is 2.12 bits per heavy atom. The number of nitrogens with one attached hydrogen (secondary N) is 1. The lowest BCUT2D eigenvalue weighted by molar-refractivity contribution is 0.0112. The maximum Gasteiger partial charge on any atom is 0.128 e. The topological polar surface area (TPSA) is 41.5 Å². The van der Waals surface area contributed by atoms with Gasteiger partial charge in [0.05, 0.1) is 18.8 Å². The molecule has 0 aliphatic heterocycles. The van der Waals surface area contributed by atoms with Crippen molar-refractivity contribution in [2.75, 3.05) is 18.5 Å². The van der Waals surface area contributed by atoms with Crippen molar-refractivity contribution < 1.29 is 14.2 Å². The smallest absolute Gasteiger partial charge is 0.128 e. The van der Waals surface area contributed by atoms with Crippen LogP contribution in [-0.2, 0) is 4.74 Å². The van der Waals surface area contributed by atoms with Crippen molar-refractivity contribution in [1.82, 2.24) is 0 Å². The first-order valence-corrected chi connectivity index (χ1v) is 5.79. The largest absolute Gasteiger partial charge is 0.389 e. The molecule has 1 aromatic rings. The van der Waals surface area contributed by atoms with Gasteiger partial charge in [0.1, 0.15) is 5.82 Å². The Bertz CT molecular complexity index is 355. The molecule has 2 N–H and O–H groups in total. The van der Waals surface area contributed by atoms with Crippen LogP contribution in [0.25, 0.3) is 0 Å². The first kappa shape index (κ1) is 13.9. The van der Waals surface area contributed by atoms with Crippen molar-refractivity contribution in [2.24, 2.45) is 0 Å². The second-order valence-corrected chi connectivity index (χ2v) is 4.33. The molecule has 96 valence electrons. The number of anilines is 1. The summed E-state index contributed by atoms with van der Waals surface area (Å²) in [7, 11) is 0. The van der Waals surface area contributed by atoms with Gasteiger partial charge in [0.2, 0.25) is 0 Å². The number of hydrogen-bond acceptors (Lipinski definition) is 3. The number of aliphatic hydroxyl groups is 1. The lowest BCUT2D eigenvalue weighted by Gasteiger charge is -2.16. The first-order chi connectivity index (χ1) is 8.00. The van der Waals surface area contributed by atoms with Gasteiger partial charge in [0.25, 0.3) is 0 Å². The fraction of sp³-hybridized carbons (Fsp3) is 0.538. The van der Waals surface area contributed by atoms with E-state index >= 15 is 0 Å². The summed E-state index contributed by atoms with van der Waals surface area (Å²) in [5.74, 6) is -0.247. The van der Waals surface area contributed by atoms with E-state index in [4.69, 9.17) is 4.74 Å². The summed E-state index contributed by atoms with van der Waals surface area (Å²) in [6.45, 7) is 6.15. The molecule has 0 aliphatic carbocycles. The van der Waals surface area contributed by atoms with Crippen LogP contribution in [0.5, 0.6) is 0 Å². The third kappa shape index (κ3) is 4.71. The standard InChI is InChI=1S/C13H20FNO2/c1-9(2)17-8-11(16)7-15-13-6-4-5-12(14)10(13)3/h4-6,9,11,15-16H,7-8H2,1-3H3. The van der Waals surface area contributed by atoms with E-state index in [-0.39, 0.29) is 18.5 Å². The summed E-state index contributed by atoms with van der Waals surface area (Å²) in [4.78, 5) is 0. The van der Waals surface area contributed by atoms with Crippen LogP contribution in [0.15, 0.2) is 18.2 Å². The molecule has 3 nitrogen and oxygen atoms in total. The molecule has 0 fully saturated rings. The average molecular weight is 241 g/mol. The fourth-order valence-electron chi connectivity index (χ4n) is 1.39. The van der Waals surface area contributed by atoms with E-state index in [0.29, 0.717) is 17.8 Å². The third-order valence-corrected chi connectivity index (χ3v) is 2.42. The van der Waals surface area contributed by atoms with Gasteiger partial charge in [-0.2, -0.15) is 0 Å². The highest BCUT2D eigenvalue weighted by Gasteiger charge is 2.07. The monoisotopic (exact) mass is 241 g/mol. The van der Waals surface area contributed by atoms with Gasteiger partial charge in [-0.05, 0) is 32.9 Å². The predicted octanol–water partition coefficient (Wildman–Crippen LogP) is 2.33. The van der Waals surface area contributed by atoms with E-state index in [1.54, 1.807) is 19.1 Å². The number of aliphatic hydroxyl groups excluding tert-OH is 1. The zero-order chi connectivity index (χ0) is 12.8. The van der Waals surface area contributed by atoms with E-state index in [1.807, 2.05) is 13.8 Å². The van der Waals surface area contributed by atoms with E-state index in [0.717, 1.165) is 0 Å². The summed E-state index contributed by atoms with van der Waals surface area (Å²) in [5, 5.41) is 12.6. The Balaban J connectivity index is 2.42. The van der Waals surface area contributed by atoms with E-state index < -0.39 is 6.10 Å². The van der Waals surface area contributed by atoms with E-state index in [2.05, 4.69) is 5.32 Å². The van der Waals surface area contributed by atoms with Gasteiger partial charge in [-0.25, -0.2) is 4.39 Å². The first-order valence-electron chi connectivity index (χ1n) is 5.79. The van der Waals surface area contributed by atoms with Gasteiger partial charge >= 0.3 is 0 Å². The number of halogens is 1. The molecule has 0 spiro atoms. The Kier molecular flexibility index (Phi) is 5.38. The molecular weight excluding hydrogens is 221 g/mol. The number of ether oxygens (including phenoxy) is 1. The van der Waals surface area contributed by atoms with Gasteiger partial charge < -0.3 is 15.2 Å². The highest BCUT2D eigenvalue weighted by molar-refractivity contribution is 5.50. The zero-order valence-electron chi connectivity index (χ0n) is 10.5. The van der Waals surface area contributed by atoms with Crippen molar-refractivity contribution in [2.45, 2.75) is 33.0 Å². The summed E-state index contributed by atoms with van der Waals surface area (Å²) >= 11 is 0. The zero-order valence-corrected chi connectivity index (χ0v) is 10.5. The average Bonchev–Trinajstić information content (AvgIpc) is 2.28. The van der Waals surface area contributed by atoms with Gasteiger partial charge in [-0.1, -0.05) is 6.07 Å². The van der Waals surface area contributed by atoms with Crippen LogP contribution in [0.4, 0.5) is 10.1 Å². The molecule has 1 atom stereocenters. The van der Waals surface area contributed by atoms with Crippen molar-refractivity contribution in [3.05, 3.63) is 29.6 Å². The van der Waals surface area contributed by atoms with Gasteiger partial charge in [-0.3, -0.25) is 0 Å². The molecule has 17 heavy (non-hydrogen) atoms. The molecule has 0 radical (unpaired) electrons. The number of hydrogen-bond donors (Lipinski definition) is 2. The second kappa shape index (κ2) is 6.57. The molecule has 0 aliphatic rings. The quantitative estimate of drug-likeness (QED) is 0.803. The predicted molar refractivity (Wildman–Crippen MR) is 66.7 cm³/mol. The minimum atomic E-state index is -0.597. The molecule has 0 bridgehead atoms. The molecule has 4 heteroatoms. The van der Waals surface area contributed by atoms with Crippen LogP contribution in [0.2, 0.25) is 0 Å². The summed E-state index contributed by atoms with van der Waals surface area (Å²) < 4.78 is 18.5. The van der Waals surface area contributed by atoms with Gasteiger partial charge in [-0.15, -0.1) is 0 Å². The maximum atomic E-state index is 13.2. The van der Waals surface area contributed by atoms with Gasteiger partial charge in [0, 0.05) is 17.8 Å². The van der Waals surface area contributed by atoms with Crippen LogP contribution >= 0.6 is 0 Å². The van der Waals surface area contributed by atoms with Crippen LogP contribution in [0.3, 0.4) is 0 Å². The Morgan fingerprint density at radius 1 is 1.41 bits per heavy atom.